The fourth-order valence-electron chi connectivity index (χ4n) is 4.43. The van der Waals surface area contributed by atoms with E-state index in [2.05, 4.69) is 44.7 Å². The Morgan fingerprint density at radius 3 is 2.48 bits per heavy atom. The number of carbonyl (C=O) groups is 3. The fourth-order valence-corrected chi connectivity index (χ4v) is 4.43. The van der Waals surface area contributed by atoms with E-state index in [1.807, 2.05) is 25.2 Å². The number of fused-ring (bicyclic) bond motifs is 1. The van der Waals surface area contributed by atoms with Gasteiger partial charge in [0.1, 0.15) is 5.82 Å². The van der Waals surface area contributed by atoms with Crippen LogP contribution in [0, 0.1) is 5.92 Å². The molecule has 0 radical (unpaired) electrons. The molecule has 0 spiro atoms. The minimum absolute atomic E-state index is 0.00441. The molecule has 3 aromatic rings. The molecule has 4 rings (SSSR count). The molecular formula is C27H33F3N6O4. The summed E-state index contributed by atoms with van der Waals surface area (Å²) in [6.45, 7) is 1.71. The van der Waals surface area contributed by atoms with Gasteiger partial charge in [-0.25, -0.2) is 9.78 Å². The van der Waals surface area contributed by atoms with Gasteiger partial charge >= 0.3 is 12.1 Å². The van der Waals surface area contributed by atoms with Gasteiger partial charge in [-0.1, -0.05) is 49.2 Å². The molecule has 10 nitrogen and oxygen atoms in total. The number of carbonyl (C=O) groups excluding carboxylic acids is 2. The van der Waals surface area contributed by atoms with Crippen molar-refractivity contribution < 1.29 is 32.7 Å². The number of halogens is 3. The van der Waals surface area contributed by atoms with Crippen LogP contribution in [-0.2, 0) is 14.4 Å². The van der Waals surface area contributed by atoms with Gasteiger partial charge in [-0.05, 0) is 49.7 Å². The van der Waals surface area contributed by atoms with E-state index in [9.17, 15) is 22.8 Å². The first-order valence-electron chi connectivity index (χ1n) is 12.9. The molecule has 0 unspecified atom stereocenters. The number of unbranched alkanes of at least 4 members (excludes halogenated alkanes) is 2. The number of likely N-dealkylation sites (tertiary alicyclic amines) is 1. The summed E-state index contributed by atoms with van der Waals surface area (Å²) < 4.78 is 31.7. The van der Waals surface area contributed by atoms with Gasteiger partial charge in [-0.2, -0.15) is 18.3 Å². The zero-order chi connectivity index (χ0) is 29.3. The van der Waals surface area contributed by atoms with Gasteiger partial charge < -0.3 is 21.1 Å². The molecular weight excluding hydrogens is 529 g/mol. The zero-order valence-electron chi connectivity index (χ0n) is 22.1. The number of carboxylic acid groups (broad SMARTS) is 1. The average molecular weight is 563 g/mol. The lowest BCUT2D eigenvalue weighted by atomic mass is 10.0. The van der Waals surface area contributed by atoms with Crippen LogP contribution in [0.4, 0.5) is 13.2 Å². The van der Waals surface area contributed by atoms with Gasteiger partial charge in [0.2, 0.25) is 11.8 Å². The third-order valence-electron chi connectivity index (χ3n) is 6.58. The third-order valence-corrected chi connectivity index (χ3v) is 6.58. The number of nitrogens with zero attached hydrogens (tertiary/aromatic N) is 3. The molecule has 5 N–H and O–H groups in total. The Kier molecular flexibility index (Phi) is 10.6. The van der Waals surface area contributed by atoms with Crippen molar-refractivity contribution in [2.24, 2.45) is 11.7 Å². The number of nitrogens with two attached hydrogens (primary N) is 1. The summed E-state index contributed by atoms with van der Waals surface area (Å²) >= 11 is 0. The molecule has 1 saturated heterocycles. The molecule has 1 aromatic heterocycles. The van der Waals surface area contributed by atoms with Crippen LogP contribution >= 0.6 is 0 Å². The van der Waals surface area contributed by atoms with Crippen molar-refractivity contribution in [2.75, 3.05) is 20.1 Å². The summed E-state index contributed by atoms with van der Waals surface area (Å²) in [5.41, 5.74) is 6.17. The fraction of sp³-hybridized carbons (Fsp3) is 0.444. The van der Waals surface area contributed by atoms with Crippen LogP contribution in [0.2, 0.25) is 0 Å². The second-order valence-electron chi connectivity index (χ2n) is 9.78. The van der Waals surface area contributed by atoms with Gasteiger partial charge in [-0.3, -0.25) is 14.7 Å². The highest BCUT2D eigenvalue weighted by Crippen LogP contribution is 2.25. The average Bonchev–Trinajstić information content (AvgIpc) is 3.57. The van der Waals surface area contributed by atoms with Gasteiger partial charge in [-0.15, -0.1) is 0 Å². The number of primary amides is 1. The Bertz CT molecular complexity index is 1310. The molecule has 0 bridgehead atoms. The van der Waals surface area contributed by atoms with Crippen LogP contribution in [0.5, 0.6) is 0 Å². The van der Waals surface area contributed by atoms with E-state index in [0.29, 0.717) is 18.1 Å². The van der Waals surface area contributed by atoms with E-state index in [-0.39, 0.29) is 23.8 Å². The van der Waals surface area contributed by atoms with Crippen molar-refractivity contribution in [3.05, 3.63) is 48.3 Å². The van der Waals surface area contributed by atoms with Gasteiger partial charge in [0, 0.05) is 18.5 Å². The van der Waals surface area contributed by atoms with Crippen molar-refractivity contribution in [3.63, 3.8) is 0 Å². The number of benzene rings is 2. The van der Waals surface area contributed by atoms with Crippen molar-refractivity contribution in [3.8, 4) is 11.4 Å². The number of H-pyrrole nitrogens is 1. The monoisotopic (exact) mass is 562 g/mol. The Hall–Kier alpha value is -4.00. The van der Waals surface area contributed by atoms with E-state index >= 15 is 0 Å². The number of nitrogens with one attached hydrogen (secondary N) is 2. The van der Waals surface area contributed by atoms with Crippen LogP contribution in [0.15, 0.2) is 42.5 Å². The number of alkyl halides is 3. The molecule has 40 heavy (non-hydrogen) atoms. The molecule has 0 aliphatic carbocycles. The highest BCUT2D eigenvalue weighted by molar-refractivity contribution is 5.86. The molecule has 0 saturated carbocycles. The van der Waals surface area contributed by atoms with Crippen LogP contribution in [0.3, 0.4) is 0 Å². The normalized spacial score (nSPS) is 16.2. The molecule has 1 fully saturated rings. The van der Waals surface area contributed by atoms with E-state index in [0.717, 1.165) is 56.1 Å². The van der Waals surface area contributed by atoms with Crippen molar-refractivity contribution >= 4 is 28.6 Å². The zero-order valence-corrected chi connectivity index (χ0v) is 22.1. The summed E-state index contributed by atoms with van der Waals surface area (Å²) in [6.07, 6.45) is -0.629. The molecule has 1 aliphatic heterocycles. The number of hydrogen-bond donors (Lipinski definition) is 4. The van der Waals surface area contributed by atoms with E-state index in [1.54, 1.807) is 0 Å². The second kappa shape index (κ2) is 13.9. The van der Waals surface area contributed by atoms with Gasteiger partial charge in [0.25, 0.3) is 0 Å². The summed E-state index contributed by atoms with van der Waals surface area (Å²) in [7, 11) is 2.04. The molecule has 13 heteroatoms. The summed E-state index contributed by atoms with van der Waals surface area (Å²) in [6, 6.07) is 14.1. The first-order chi connectivity index (χ1) is 18.9. The molecule has 2 amide bonds. The first kappa shape index (κ1) is 30.5. The van der Waals surface area contributed by atoms with Crippen molar-refractivity contribution in [2.45, 2.75) is 50.7 Å². The Balaban J connectivity index is 0.000000559. The summed E-state index contributed by atoms with van der Waals surface area (Å²) in [4.78, 5) is 39.7. The number of hydrogen-bond acceptors (Lipinski definition) is 6. The highest BCUT2D eigenvalue weighted by Gasteiger charge is 2.38. The number of aliphatic carboxylic acids is 1. The highest BCUT2D eigenvalue weighted by atomic mass is 19.4. The van der Waals surface area contributed by atoms with Gasteiger partial charge in [0.05, 0.1) is 12.0 Å². The number of carboxylic acids is 1. The Morgan fingerprint density at radius 2 is 1.85 bits per heavy atom. The topological polar surface area (TPSA) is 154 Å². The first-order valence-corrected chi connectivity index (χ1v) is 12.9. The SMILES string of the molecule is CN1CC[C@H](C(=O)N[C@@H](CCCCCC(N)=O)c2nc(-c3ccc4ccccc4c3)n[nH]2)C1.O=C(O)C(F)(F)F. The number of amides is 2. The van der Waals surface area contributed by atoms with E-state index in [4.69, 9.17) is 20.6 Å². The third kappa shape index (κ3) is 9.04. The Labute approximate surface area is 229 Å². The maximum Gasteiger partial charge on any atom is 0.490 e. The number of aromatic nitrogens is 3. The lowest BCUT2D eigenvalue weighted by Crippen LogP contribution is -2.35. The maximum atomic E-state index is 12.9. The second-order valence-corrected chi connectivity index (χ2v) is 9.78. The van der Waals surface area contributed by atoms with Crippen molar-refractivity contribution in [1.29, 1.82) is 0 Å². The Morgan fingerprint density at radius 1 is 1.15 bits per heavy atom. The number of aromatic amines is 1. The molecule has 2 aromatic carbocycles. The smallest absolute Gasteiger partial charge is 0.475 e. The van der Waals surface area contributed by atoms with Crippen LogP contribution < -0.4 is 11.1 Å². The summed E-state index contributed by atoms with van der Waals surface area (Å²) in [5.74, 6) is -1.70. The number of rotatable bonds is 10. The molecule has 2 heterocycles. The minimum Gasteiger partial charge on any atom is -0.475 e. The predicted molar refractivity (Wildman–Crippen MR) is 142 cm³/mol. The lowest BCUT2D eigenvalue weighted by Gasteiger charge is -2.19. The standard InChI is InChI=1S/C25H32N6O2.C2HF3O2/c1-31-14-13-20(16-31)25(33)27-21(9-3-2-4-10-22(26)32)24-28-23(29-30-24)19-12-11-17-7-5-6-8-18(17)15-19;3-2(4,5)1(6)7/h5-8,11-12,15,20-21H,2-4,9-10,13-14,16H2,1H3,(H2,26,32)(H,27,33)(H,28,29,30);(H,6,7)/t20-,21-;/m0./s1. The molecule has 216 valence electrons. The predicted octanol–water partition coefficient (Wildman–Crippen LogP) is 3.80. The lowest BCUT2D eigenvalue weighted by molar-refractivity contribution is -0.192. The van der Waals surface area contributed by atoms with E-state index in [1.165, 1.54) is 5.39 Å². The van der Waals surface area contributed by atoms with E-state index < -0.39 is 12.1 Å². The maximum absolute atomic E-state index is 12.9. The minimum atomic E-state index is -5.08. The molecule has 1 aliphatic rings. The largest absolute Gasteiger partial charge is 0.490 e. The quantitative estimate of drug-likeness (QED) is 0.274. The van der Waals surface area contributed by atoms with Crippen molar-refractivity contribution in [1.82, 2.24) is 25.4 Å². The van der Waals surface area contributed by atoms with Crippen LogP contribution in [0.1, 0.15) is 50.4 Å². The van der Waals surface area contributed by atoms with Crippen LogP contribution in [-0.4, -0.2) is 69.3 Å². The van der Waals surface area contributed by atoms with Gasteiger partial charge in [0.15, 0.2) is 5.82 Å². The summed E-state index contributed by atoms with van der Waals surface area (Å²) in [5, 5.41) is 20.1. The van der Waals surface area contributed by atoms with Crippen LogP contribution in [0.25, 0.3) is 22.2 Å². The molecule has 2 atom stereocenters.